The van der Waals surface area contributed by atoms with Crippen LogP contribution in [-0.4, -0.2) is 23.0 Å². The van der Waals surface area contributed by atoms with Gasteiger partial charge in [0.05, 0.1) is 24.4 Å². The molecular formula is C21H20ClN3O3. The maximum Gasteiger partial charge on any atom is 0.255 e. The first-order valence-corrected chi connectivity index (χ1v) is 9.10. The molecule has 1 heterocycles. The van der Waals surface area contributed by atoms with E-state index in [2.05, 4.69) is 15.3 Å². The van der Waals surface area contributed by atoms with E-state index in [0.29, 0.717) is 34.3 Å². The highest BCUT2D eigenvalue weighted by atomic mass is 35.5. The molecule has 1 aromatic heterocycles. The van der Waals surface area contributed by atoms with Gasteiger partial charge in [0.2, 0.25) is 0 Å². The summed E-state index contributed by atoms with van der Waals surface area (Å²) in [5.41, 5.74) is 1.64. The summed E-state index contributed by atoms with van der Waals surface area (Å²) < 4.78 is 5.28. The molecule has 0 saturated heterocycles. The van der Waals surface area contributed by atoms with E-state index in [1.54, 1.807) is 43.3 Å². The van der Waals surface area contributed by atoms with Crippen molar-refractivity contribution in [3.05, 3.63) is 92.6 Å². The Hall–Kier alpha value is -3.12. The molecule has 6 nitrogen and oxygen atoms in total. The van der Waals surface area contributed by atoms with Crippen molar-refractivity contribution in [1.29, 1.82) is 0 Å². The van der Waals surface area contributed by atoms with Crippen molar-refractivity contribution in [2.45, 2.75) is 19.4 Å². The molecule has 0 saturated carbocycles. The smallest absolute Gasteiger partial charge is 0.255 e. The number of H-pyrrole nitrogens is 1. The number of carbonyl (C=O) groups is 1. The normalized spacial score (nSPS) is 11.7. The van der Waals surface area contributed by atoms with E-state index >= 15 is 0 Å². The van der Waals surface area contributed by atoms with Crippen LogP contribution in [0.3, 0.4) is 0 Å². The van der Waals surface area contributed by atoms with Gasteiger partial charge in [-0.3, -0.25) is 9.59 Å². The predicted octanol–water partition coefficient (Wildman–Crippen LogP) is 3.45. The second kappa shape index (κ2) is 8.71. The van der Waals surface area contributed by atoms with Gasteiger partial charge in [0.15, 0.2) is 0 Å². The van der Waals surface area contributed by atoms with Gasteiger partial charge in [0.25, 0.3) is 11.5 Å². The standard InChI is InChI=1S/C21H20ClN3O3/c1-13-23-16(12-20(26)24-13)11-18(14-7-9-15(22)10-8-14)25-21(27)17-5-3-4-6-19(17)28-2/h3-10,12,18H,11H2,1-2H3,(H,25,27)(H,23,24,26)/t18-/m1/s1. The van der Waals surface area contributed by atoms with Crippen molar-refractivity contribution >= 4 is 17.5 Å². The van der Waals surface area contributed by atoms with E-state index in [9.17, 15) is 9.59 Å². The minimum Gasteiger partial charge on any atom is -0.496 e. The lowest BCUT2D eigenvalue weighted by Crippen LogP contribution is -2.31. The third kappa shape index (κ3) is 4.78. The van der Waals surface area contributed by atoms with Crippen molar-refractivity contribution in [2.75, 3.05) is 7.11 Å². The van der Waals surface area contributed by atoms with E-state index in [-0.39, 0.29) is 11.5 Å². The van der Waals surface area contributed by atoms with Gasteiger partial charge in [-0.2, -0.15) is 0 Å². The molecule has 0 aliphatic heterocycles. The summed E-state index contributed by atoms with van der Waals surface area (Å²) in [5, 5.41) is 3.62. The number of halogens is 1. The first-order chi connectivity index (χ1) is 13.5. The first-order valence-electron chi connectivity index (χ1n) is 8.72. The van der Waals surface area contributed by atoms with E-state index in [1.807, 2.05) is 12.1 Å². The summed E-state index contributed by atoms with van der Waals surface area (Å²) in [4.78, 5) is 31.7. The second-order valence-electron chi connectivity index (χ2n) is 6.30. The summed E-state index contributed by atoms with van der Waals surface area (Å²) >= 11 is 6.00. The summed E-state index contributed by atoms with van der Waals surface area (Å²) in [6, 6.07) is 15.2. The molecule has 2 aromatic carbocycles. The van der Waals surface area contributed by atoms with Gasteiger partial charge >= 0.3 is 0 Å². The topological polar surface area (TPSA) is 84.1 Å². The Balaban J connectivity index is 1.92. The fraction of sp³-hybridized carbons (Fsp3) is 0.190. The number of para-hydroxylation sites is 1. The molecule has 3 rings (SSSR count). The lowest BCUT2D eigenvalue weighted by Gasteiger charge is -2.20. The number of methoxy groups -OCH3 is 1. The third-order valence-corrected chi connectivity index (χ3v) is 4.51. The SMILES string of the molecule is COc1ccccc1C(=O)N[C@H](Cc1cc(=O)[nH]c(C)n1)c1ccc(Cl)cc1. The molecule has 3 aromatic rings. The van der Waals surface area contributed by atoms with Gasteiger partial charge in [-0.1, -0.05) is 35.9 Å². The molecule has 0 bridgehead atoms. The molecular weight excluding hydrogens is 378 g/mol. The first kappa shape index (κ1) is 19.6. The van der Waals surface area contributed by atoms with Crippen LogP contribution in [-0.2, 0) is 6.42 Å². The highest BCUT2D eigenvalue weighted by Crippen LogP contribution is 2.23. The Morgan fingerprint density at radius 2 is 1.93 bits per heavy atom. The number of carbonyl (C=O) groups excluding carboxylic acids is 1. The quantitative estimate of drug-likeness (QED) is 0.667. The number of benzene rings is 2. The largest absolute Gasteiger partial charge is 0.496 e. The molecule has 0 spiro atoms. The van der Waals surface area contributed by atoms with Gasteiger partial charge in [0, 0.05) is 17.5 Å². The molecule has 1 amide bonds. The Kier molecular flexibility index (Phi) is 6.11. The molecule has 0 aliphatic rings. The minimum atomic E-state index is -0.400. The van der Waals surface area contributed by atoms with Gasteiger partial charge in [-0.05, 0) is 36.8 Å². The predicted molar refractivity (Wildman–Crippen MR) is 108 cm³/mol. The zero-order valence-corrected chi connectivity index (χ0v) is 16.3. The Morgan fingerprint density at radius 1 is 1.21 bits per heavy atom. The number of aromatic amines is 1. The van der Waals surface area contributed by atoms with Crippen LogP contribution >= 0.6 is 11.6 Å². The Bertz CT molecular complexity index is 1030. The fourth-order valence-electron chi connectivity index (χ4n) is 2.97. The number of amides is 1. The Morgan fingerprint density at radius 3 is 2.61 bits per heavy atom. The number of nitrogens with zero attached hydrogens (tertiary/aromatic N) is 1. The summed E-state index contributed by atoms with van der Waals surface area (Å²) in [6.45, 7) is 1.72. The van der Waals surface area contributed by atoms with Crippen molar-refractivity contribution in [3.8, 4) is 5.75 Å². The minimum absolute atomic E-state index is 0.228. The van der Waals surface area contributed by atoms with Crippen LogP contribution in [0.5, 0.6) is 5.75 Å². The maximum absolute atomic E-state index is 12.9. The van der Waals surface area contributed by atoms with E-state index in [0.717, 1.165) is 5.56 Å². The van der Waals surface area contributed by atoms with Crippen LogP contribution in [0.4, 0.5) is 0 Å². The van der Waals surface area contributed by atoms with E-state index < -0.39 is 6.04 Å². The van der Waals surface area contributed by atoms with E-state index in [4.69, 9.17) is 16.3 Å². The highest BCUT2D eigenvalue weighted by Gasteiger charge is 2.20. The van der Waals surface area contributed by atoms with E-state index in [1.165, 1.54) is 13.2 Å². The van der Waals surface area contributed by atoms with Crippen molar-refractivity contribution in [1.82, 2.24) is 15.3 Å². The summed E-state index contributed by atoms with van der Waals surface area (Å²) in [5.74, 6) is 0.729. The highest BCUT2D eigenvalue weighted by molar-refractivity contribution is 6.30. The average molecular weight is 398 g/mol. The van der Waals surface area contributed by atoms with Gasteiger partial charge < -0.3 is 15.0 Å². The van der Waals surface area contributed by atoms with Crippen LogP contribution in [0.1, 0.15) is 33.5 Å². The molecule has 7 heteroatoms. The van der Waals surface area contributed by atoms with Gasteiger partial charge in [-0.15, -0.1) is 0 Å². The monoisotopic (exact) mass is 397 g/mol. The molecule has 144 valence electrons. The number of hydrogen-bond acceptors (Lipinski definition) is 4. The zero-order chi connectivity index (χ0) is 20.1. The van der Waals surface area contributed by atoms with Gasteiger partial charge in [-0.25, -0.2) is 4.98 Å². The summed E-state index contributed by atoms with van der Waals surface area (Å²) in [7, 11) is 1.52. The molecule has 0 aliphatic carbocycles. The molecule has 0 radical (unpaired) electrons. The molecule has 0 unspecified atom stereocenters. The fourth-order valence-corrected chi connectivity index (χ4v) is 3.10. The number of aryl methyl sites for hydroxylation is 1. The molecule has 0 fully saturated rings. The molecule has 28 heavy (non-hydrogen) atoms. The van der Waals surface area contributed by atoms with Crippen molar-refractivity contribution < 1.29 is 9.53 Å². The Labute approximate surface area is 167 Å². The summed E-state index contributed by atoms with van der Waals surface area (Å²) in [6.07, 6.45) is 0.354. The molecule has 2 N–H and O–H groups in total. The van der Waals surface area contributed by atoms with Gasteiger partial charge in [0.1, 0.15) is 11.6 Å². The van der Waals surface area contributed by atoms with Crippen LogP contribution in [0.25, 0.3) is 0 Å². The number of aromatic nitrogens is 2. The lowest BCUT2D eigenvalue weighted by atomic mass is 10.0. The van der Waals surface area contributed by atoms with Crippen LogP contribution < -0.4 is 15.6 Å². The van der Waals surface area contributed by atoms with Crippen molar-refractivity contribution in [3.63, 3.8) is 0 Å². The average Bonchev–Trinajstić information content (AvgIpc) is 2.67. The molecule has 1 atom stereocenters. The number of ether oxygens (including phenoxy) is 1. The lowest BCUT2D eigenvalue weighted by molar-refractivity contribution is 0.0933. The van der Waals surface area contributed by atoms with Crippen LogP contribution in [0.15, 0.2) is 59.4 Å². The van der Waals surface area contributed by atoms with Crippen LogP contribution in [0.2, 0.25) is 5.02 Å². The van der Waals surface area contributed by atoms with Crippen LogP contribution in [0, 0.1) is 6.92 Å². The van der Waals surface area contributed by atoms with Crippen molar-refractivity contribution in [2.24, 2.45) is 0 Å². The zero-order valence-electron chi connectivity index (χ0n) is 15.5. The maximum atomic E-state index is 12.9. The number of nitrogens with one attached hydrogen (secondary N) is 2. The third-order valence-electron chi connectivity index (χ3n) is 4.26. The number of rotatable bonds is 6. The number of hydrogen-bond donors (Lipinski definition) is 2. The second-order valence-corrected chi connectivity index (χ2v) is 6.74.